The molecule has 0 N–H and O–H groups in total. The maximum Gasteiger partial charge on any atom is 0.418 e. The van der Waals surface area contributed by atoms with Crippen molar-refractivity contribution in [3.05, 3.63) is 62.4 Å². The van der Waals surface area contributed by atoms with E-state index in [2.05, 4.69) is 4.98 Å². The number of nitrogens with zero attached hydrogens (tertiary/aromatic N) is 1. The summed E-state index contributed by atoms with van der Waals surface area (Å²) in [5, 5.41) is -0.552. The molecular formula is C14H7Cl3F3NO2. The first-order valence-corrected chi connectivity index (χ1v) is 7.16. The zero-order chi connectivity index (χ0) is 17.2. The fourth-order valence-corrected chi connectivity index (χ4v) is 2.18. The van der Waals surface area contributed by atoms with Crippen molar-refractivity contribution >= 4 is 40.8 Å². The summed E-state index contributed by atoms with van der Waals surface area (Å²) in [7, 11) is 0. The monoisotopic (exact) mass is 383 g/mol. The Labute approximate surface area is 143 Å². The Balaban J connectivity index is 2.28. The molecule has 0 radical (unpaired) electrons. The van der Waals surface area contributed by atoms with E-state index in [0.29, 0.717) is 16.8 Å². The van der Waals surface area contributed by atoms with Crippen LogP contribution in [0.15, 0.2) is 30.5 Å². The molecule has 0 atom stereocenters. The number of alkyl halides is 3. The molecule has 122 valence electrons. The summed E-state index contributed by atoms with van der Waals surface area (Å²) < 4.78 is 43.8. The van der Waals surface area contributed by atoms with E-state index in [1.807, 2.05) is 0 Å². The lowest BCUT2D eigenvalue weighted by Gasteiger charge is -2.14. The van der Waals surface area contributed by atoms with Gasteiger partial charge in [0.1, 0.15) is 11.8 Å². The molecule has 0 aliphatic heterocycles. The van der Waals surface area contributed by atoms with Crippen molar-refractivity contribution < 1.29 is 22.7 Å². The number of benzene rings is 1. The third-order valence-electron chi connectivity index (χ3n) is 2.77. The molecule has 1 aromatic carbocycles. The SMILES string of the molecule is O=C(OCc1ccc(Cl)cc1)c1c(C(F)(F)F)cnc(Cl)c1Cl. The molecule has 2 rings (SSSR count). The average Bonchev–Trinajstić information content (AvgIpc) is 2.47. The van der Waals surface area contributed by atoms with Gasteiger partial charge in [0.05, 0.1) is 16.1 Å². The van der Waals surface area contributed by atoms with Crippen LogP contribution in [0, 0.1) is 0 Å². The number of hydrogen-bond acceptors (Lipinski definition) is 3. The van der Waals surface area contributed by atoms with E-state index in [9.17, 15) is 18.0 Å². The summed E-state index contributed by atoms with van der Waals surface area (Å²) in [5.74, 6) is -1.25. The largest absolute Gasteiger partial charge is 0.457 e. The van der Waals surface area contributed by atoms with Crippen LogP contribution in [0.4, 0.5) is 13.2 Å². The molecular weight excluding hydrogens is 378 g/mol. The molecule has 0 spiro atoms. The van der Waals surface area contributed by atoms with Gasteiger partial charge in [0.25, 0.3) is 0 Å². The molecule has 0 aliphatic carbocycles. The maximum atomic E-state index is 13.0. The number of ether oxygens (including phenoxy) is 1. The van der Waals surface area contributed by atoms with Crippen LogP contribution in [0.25, 0.3) is 0 Å². The number of pyridine rings is 1. The second-order valence-electron chi connectivity index (χ2n) is 4.35. The maximum absolute atomic E-state index is 13.0. The van der Waals surface area contributed by atoms with Crippen molar-refractivity contribution in [3.63, 3.8) is 0 Å². The van der Waals surface area contributed by atoms with Crippen LogP contribution in [0.5, 0.6) is 0 Å². The number of halogens is 6. The third kappa shape index (κ3) is 4.28. The molecule has 23 heavy (non-hydrogen) atoms. The quantitative estimate of drug-likeness (QED) is 0.524. The molecule has 0 unspecified atom stereocenters. The lowest BCUT2D eigenvalue weighted by Crippen LogP contribution is -2.16. The van der Waals surface area contributed by atoms with Crippen LogP contribution in [0.3, 0.4) is 0 Å². The third-order valence-corrected chi connectivity index (χ3v) is 3.77. The lowest BCUT2D eigenvalue weighted by atomic mass is 10.1. The van der Waals surface area contributed by atoms with Gasteiger partial charge in [0.15, 0.2) is 0 Å². The predicted octanol–water partition coefficient (Wildman–Crippen LogP) is 5.42. The normalized spacial score (nSPS) is 11.4. The van der Waals surface area contributed by atoms with Gasteiger partial charge in [0, 0.05) is 11.2 Å². The van der Waals surface area contributed by atoms with Crippen molar-refractivity contribution in [2.45, 2.75) is 12.8 Å². The van der Waals surface area contributed by atoms with Crippen molar-refractivity contribution in [3.8, 4) is 0 Å². The van der Waals surface area contributed by atoms with Crippen LogP contribution in [0.1, 0.15) is 21.5 Å². The van der Waals surface area contributed by atoms with E-state index in [1.165, 1.54) is 0 Å². The number of carbonyl (C=O) groups is 1. The Kier molecular flexibility index (Phi) is 5.39. The van der Waals surface area contributed by atoms with Crippen molar-refractivity contribution in [2.24, 2.45) is 0 Å². The Morgan fingerprint density at radius 2 is 1.74 bits per heavy atom. The second kappa shape index (κ2) is 6.95. The molecule has 0 amide bonds. The summed E-state index contributed by atoms with van der Waals surface area (Å²) >= 11 is 17.0. The smallest absolute Gasteiger partial charge is 0.418 e. The van der Waals surface area contributed by atoms with Gasteiger partial charge >= 0.3 is 12.1 Å². The van der Waals surface area contributed by atoms with E-state index in [0.717, 1.165) is 0 Å². The first kappa shape index (κ1) is 17.8. The van der Waals surface area contributed by atoms with Crippen LogP contribution in [0.2, 0.25) is 15.2 Å². The topological polar surface area (TPSA) is 39.2 Å². The Morgan fingerprint density at radius 3 is 2.30 bits per heavy atom. The first-order valence-electron chi connectivity index (χ1n) is 6.03. The summed E-state index contributed by atoms with van der Waals surface area (Å²) in [6.07, 6.45) is -4.39. The molecule has 0 saturated heterocycles. The van der Waals surface area contributed by atoms with Gasteiger partial charge in [-0.15, -0.1) is 0 Å². The minimum Gasteiger partial charge on any atom is -0.457 e. The van der Waals surface area contributed by atoms with Crippen molar-refractivity contribution in [1.82, 2.24) is 4.98 Å². The van der Waals surface area contributed by atoms with E-state index < -0.39 is 33.4 Å². The number of rotatable bonds is 3. The molecule has 1 heterocycles. The van der Waals surface area contributed by atoms with Gasteiger partial charge in [-0.3, -0.25) is 0 Å². The lowest BCUT2D eigenvalue weighted by molar-refractivity contribution is -0.138. The van der Waals surface area contributed by atoms with Crippen LogP contribution < -0.4 is 0 Å². The minimum absolute atomic E-state index is 0.246. The second-order valence-corrected chi connectivity index (χ2v) is 5.52. The summed E-state index contributed by atoms with van der Waals surface area (Å²) in [4.78, 5) is 15.3. The highest BCUT2D eigenvalue weighted by atomic mass is 35.5. The standard InChI is InChI=1S/C14H7Cl3F3NO2/c15-8-3-1-7(2-4-8)6-23-13(22)10-9(14(18,19)20)5-21-12(17)11(10)16/h1-5H,6H2. The molecule has 0 fully saturated rings. The molecule has 9 heteroatoms. The summed E-state index contributed by atoms with van der Waals surface area (Å²) in [5.41, 5.74) is -1.63. The van der Waals surface area contributed by atoms with E-state index in [1.54, 1.807) is 24.3 Å². The highest BCUT2D eigenvalue weighted by Crippen LogP contribution is 2.37. The summed E-state index contributed by atoms with van der Waals surface area (Å²) in [6.45, 7) is -0.246. The van der Waals surface area contributed by atoms with Crippen molar-refractivity contribution in [2.75, 3.05) is 0 Å². The highest BCUT2D eigenvalue weighted by molar-refractivity contribution is 6.43. The van der Waals surface area contributed by atoms with E-state index in [4.69, 9.17) is 39.5 Å². The zero-order valence-corrected chi connectivity index (χ0v) is 13.4. The van der Waals surface area contributed by atoms with Gasteiger partial charge in [0.2, 0.25) is 0 Å². The number of hydrogen-bond donors (Lipinski definition) is 0. The Bertz CT molecular complexity index is 733. The predicted molar refractivity (Wildman–Crippen MR) is 79.8 cm³/mol. The molecule has 3 nitrogen and oxygen atoms in total. The average molecular weight is 385 g/mol. The Hall–Kier alpha value is -1.50. The van der Waals surface area contributed by atoms with Crippen LogP contribution >= 0.6 is 34.8 Å². The molecule has 0 aliphatic rings. The van der Waals surface area contributed by atoms with Gasteiger partial charge in [-0.25, -0.2) is 9.78 Å². The van der Waals surface area contributed by atoms with Gasteiger partial charge < -0.3 is 4.74 Å². The van der Waals surface area contributed by atoms with E-state index >= 15 is 0 Å². The fraction of sp³-hybridized carbons (Fsp3) is 0.143. The van der Waals surface area contributed by atoms with Crippen molar-refractivity contribution in [1.29, 1.82) is 0 Å². The van der Waals surface area contributed by atoms with Crippen LogP contribution in [-0.4, -0.2) is 11.0 Å². The first-order chi connectivity index (χ1) is 10.7. The summed E-state index contributed by atoms with van der Waals surface area (Å²) in [6, 6.07) is 6.26. The molecule has 0 saturated carbocycles. The Morgan fingerprint density at radius 1 is 1.13 bits per heavy atom. The molecule has 2 aromatic rings. The van der Waals surface area contributed by atoms with Gasteiger partial charge in [-0.2, -0.15) is 13.2 Å². The van der Waals surface area contributed by atoms with Gasteiger partial charge in [-0.1, -0.05) is 46.9 Å². The number of esters is 1. The molecule has 0 bridgehead atoms. The molecule has 1 aromatic heterocycles. The fourth-order valence-electron chi connectivity index (χ4n) is 1.68. The van der Waals surface area contributed by atoms with E-state index in [-0.39, 0.29) is 6.61 Å². The number of carbonyl (C=O) groups excluding carboxylic acids is 1. The zero-order valence-electron chi connectivity index (χ0n) is 11.1. The van der Waals surface area contributed by atoms with Gasteiger partial charge in [-0.05, 0) is 17.7 Å². The highest BCUT2D eigenvalue weighted by Gasteiger charge is 2.38. The minimum atomic E-state index is -4.82. The number of aromatic nitrogens is 1. The van der Waals surface area contributed by atoms with Crippen LogP contribution in [-0.2, 0) is 17.5 Å².